The molecule has 0 aromatic heterocycles. The van der Waals surface area contributed by atoms with E-state index in [1.165, 1.54) is 32.5 Å². The Morgan fingerprint density at radius 1 is 1.54 bits per heavy atom. The van der Waals surface area contributed by atoms with Crippen molar-refractivity contribution in [3.8, 4) is 0 Å². The van der Waals surface area contributed by atoms with Crippen LogP contribution in [-0.4, -0.2) is 37.1 Å². The molecule has 78 valence electrons. The minimum absolute atomic E-state index is 0.648. The van der Waals surface area contributed by atoms with Crippen molar-refractivity contribution in [1.29, 1.82) is 0 Å². The topological polar surface area (TPSA) is 15.3 Å². The highest BCUT2D eigenvalue weighted by Gasteiger charge is 2.17. The number of hydrogen-bond donors (Lipinski definition) is 1. The van der Waals surface area contributed by atoms with E-state index < -0.39 is 0 Å². The standard InChI is InChI=1S/C11H24N2/c1-4-12-11(3)9-13-7-5-6-10(2)8-13/h10-12H,4-9H2,1-3H3. The van der Waals surface area contributed by atoms with Crippen LogP contribution >= 0.6 is 0 Å². The van der Waals surface area contributed by atoms with Gasteiger partial charge >= 0.3 is 0 Å². The lowest BCUT2D eigenvalue weighted by molar-refractivity contribution is 0.170. The van der Waals surface area contributed by atoms with Gasteiger partial charge in [0, 0.05) is 19.1 Å². The minimum Gasteiger partial charge on any atom is -0.313 e. The van der Waals surface area contributed by atoms with Crippen LogP contribution in [0.4, 0.5) is 0 Å². The van der Waals surface area contributed by atoms with E-state index in [0.717, 1.165) is 12.5 Å². The number of likely N-dealkylation sites (N-methyl/N-ethyl adjacent to an activating group) is 1. The van der Waals surface area contributed by atoms with Gasteiger partial charge < -0.3 is 10.2 Å². The molecule has 0 aromatic rings. The Bertz CT molecular complexity index is 136. The van der Waals surface area contributed by atoms with E-state index in [9.17, 15) is 0 Å². The Morgan fingerprint density at radius 3 is 2.92 bits per heavy atom. The quantitative estimate of drug-likeness (QED) is 0.715. The zero-order valence-corrected chi connectivity index (χ0v) is 9.34. The van der Waals surface area contributed by atoms with Crippen LogP contribution in [0.25, 0.3) is 0 Å². The first kappa shape index (κ1) is 11.0. The Balaban J connectivity index is 2.19. The molecule has 0 bridgehead atoms. The summed E-state index contributed by atoms with van der Waals surface area (Å²) in [5, 5.41) is 3.47. The molecule has 13 heavy (non-hydrogen) atoms. The van der Waals surface area contributed by atoms with Crippen LogP contribution in [-0.2, 0) is 0 Å². The highest BCUT2D eigenvalue weighted by molar-refractivity contribution is 4.73. The second kappa shape index (κ2) is 5.61. The first-order valence-electron chi connectivity index (χ1n) is 5.68. The summed E-state index contributed by atoms with van der Waals surface area (Å²) in [7, 11) is 0. The Morgan fingerprint density at radius 2 is 2.31 bits per heavy atom. The van der Waals surface area contributed by atoms with Gasteiger partial charge in [-0.25, -0.2) is 0 Å². The van der Waals surface area contributed by atoms with Crippen molar-refractivity contribution in [3.05, 3.63) is 0 Å². The second-order valence-electron chi connectivity index (χ2n) is 4.47. The molecule has 1 N–H and O–H groups in total. The summed E-state index contributed by atoms with van der Waals surface area (Å²) >= 11 is 0. The predicted octanol–water partition coefficient (Wildman–Crippen LogP) is 1.72. The summed E-state index contributed by atoms with van der Waals surface area (Å²) in [5.74, 6) is 0.905. The molecule has 1 saturated heterocycles. The zero-order valence-electron chi connectivity index (χ0n) is 9.34. The van der Waals surface area contributed by atoms with Gasteiger partial charge in [-0.3, -0.25) is 0 Å². The van der Waals surface area contributed by atoms with E-state index in [-0.39, 0.29) is 0 Å². The van der Waals surface area contributed by atoms with Gasteiger partial charge in [-0.05, 0) is 38.8 Å². The number of nitrogens with one attached hydrogen (secondary N) is 1. The fourth-order valence-corrected chi connectivity index (χ4v) is 2.25. The van der Waals surface area contributed by atoms with E-state index in [2.05, 4.69) is 31.0 Å². The van der Waals surface area contributed by atoms with E-state index in [4.69, 9.17) is 0 Å². The summed E-state index contributed by atoms with van der Waals surface area (Å²) < 4.78 is 0. The molecule has 2 atom stereocenters. The largest absolute Gasteiger partial charge is 0.313 e. The SMILES string of the molecule is CCNC(C)CN1CCCC(C)C1. The second-order valence-corrected chi connectivity index (χ2v) is 4.47. The summed E-state index contributed by atoms with van der Waals surface area (Å²) in [6.07, 6.45) is 2.81. The zero-order chi connectivity index (χ0) is 9.68. The maximum Gasteiger partial charge on any atom is 0.0166 e. The van der Waals surface area contributed by atoms with Gasteiger partial charge in [-0.1, -0.05) is 13.8 Å². The minimum atomic E-state index is 0.648. The van der Waals surface area contributed by atoms with Gasteiger partial charge in [0.2, 0.25) is 0 Å². The van der Waals surface area contributed by atoms with Gasteiger partial charge in [0.15, 0.2) is 0 Å². The third-order valence-corrected chi connectivity index (χ3v) is 2.83. The molecule has 0 saturated carbocycles. The number of nitrogens with zero attached hydrogens (tertiary/aromatic N) is 1. The summed E-state index contributed by atoms with van der Waals surface area (Å²) in [6.45, 7) is 11.7. The Kier molecular flexibility index (Phi) is 4.74. The number of hydrogen-bond acceptors (Lipinski definition) is 2. The van der Waals surface area contributed by atoms with E-state index in [0.29, 0.717) is 6.04 Å². The van der Waals surface area contributed by atoms with Gasteiger partial charge in [-0.15, -0.1) is 0 Å². The summed E-state index contributed by atoms with van der Waals surface area (Å²) in [6, 6.07) is 0.648. The van der Waals surface area contributed by atoms with Crippen molar-refractivity contribution in [2.24, 2.45) is 5.92 Å². The maximum absolute atomic E-state index is 3.47. The smallest absolute Gasteiger partial charge is 0.0166 e. The lowest BCUT2D eigenvalue weighted by Crippen LogP contribution is -2.43. The lowest BCUT2D eigenvalue weighted by atomic mass is 10.00. The molecule has 1 aliphatic rings. The van der Waals surface area contributed by atoms with E-state index in [1.54, 1.807) is 0 Å². The van der Waals surface area contributed by atoms with Crippen LogP contribution in [0.1, 0.15) is 33.6 Å². The third kappa shape index (κ3) is 4.10. The fraction of sp³-hybridized carbons (Fsp3) is 1.00. The summed E-state index contributed by atoms with van der Waals surface area (Å²) in [4.78, 5) is 2.60. The lowest BCUT2D eigenvalue weighted by Gasteiger charge is -2.32. The van der Waals surface area contributed by atoms with Gasteiger partial charge in [-0.2, -0.15) is 0 Å². The Labute approximate surface area is 82.7 Å². The normalized spacial score (nSPS) is 27.5. The number of likely N-dealkylation sites (tertiary alicyclic amines) is 1. The average molecular weight is 184 g/mol. The van der Waals surface area contributed by atoms with E-state index in [1.807, 2.05) is 0 Å². The van der Waals surface area contributed by atoms with Crippen LogP contribution in [0.2, 0.25) is 0 Å². The number of rotatable bonds is 4. The molecule has 1 rings (SSSR count). The molecule has 2 unspecified atom stereocenters. The first-order valence-corrected chi connectivity index (χ1v) is 5.68. The molecule has 1 fully saturated rings. The van der Waals surface area contributed by atoms with Crippen molar-refractivity contribution in [2.75, 3.05) is 26.2 Å². The molecule has 1 aliphatic heterocycles. The van der Waals surface area contributed by atoms with Crippen LogP contribution in [0.3, 0.4) is 0 Å². The molecule has 0 radical (unpaired) electrons. The molecule has 0 amide bonds. The highest BCUT2D eigenvalue weighted by atomic mass is 15.2. The average Bonchev–Trinajstić information content (AvgIpc) is 2.04. The highest BCUT2D eigenvalue weighted by Crippen LogP contribution is 2.15. The van der Waals surface area contributed by atoms with Crippen molar-refractivity contribution >= 4 is 0 Å². The molecular weight excluding hydrogens is 160 g/mol. The van der Waals surface area contributed by atoms with Crippen molar-refractivity contribution in [3.63, 3.8) is 0 Å². The Hall–Kier alpha value is -0.0800. The van der Waals surface area contributed by atoms with Crippen LogP contribution < -0.4 is 5.32 Å². The molecule has 2 heteroatoms. The maximum atomic E-state index is 3.47. The van der Waals surface area contributed by atoms with Crippen LogP contribution in [0.5, 0.6) is 0 Å². The first-order chi connectivity index (χ1) is 6.22. The van der Waals surface area contributed by atoms with Crippen molar-refractivity contribution < 1.29 is 0 Å². The third-order valence-electron chi connectivity index (χ3n) is 2.83. The molecule has 1 heterocycles. The van der Waals surface area contributed by atoms with Gasteiger partial charge in [0.1, 0.15) is 0 Å². The predicted molar refractivity (Wildman–Crippen MR) is 58.0 cm³/mol. The van der Waals surface area contributed by atoms with Crippen molar-refractivity contribution in [2.45, 2.75) is 39.7 Å². The van der Waals surface area contributed by atoms with E-state index >= 15 is 0 Å². The molecule has 0 spiro atoms. The van der Waals surface area contributed by atoms with Crippen LogP contribution in [0, 0.1) is 5.92 Å². The van der Waals surface area contributed by atoms with Crippen molar-refractivity contribution in [1.82, 2.24) is 10.2 Å². The fourth-order valence-electron chi connectivity index (χ4n) is 2.25. The van der Waals surface area contributed by atoms with Gasteiger partial charge in [0.25, 0.3) is 0 Å². The van der Waals surface area contributed by atoms with Crippen LogP contribution in [0.15, 0.2) is 0 Å². The molecule has 0 aromatic carbocycles. The monoisotopic (exact) mass is 184 g/mol. The molecular formula is C11H24N2. The number of piperidine rings is 1. The summed E-state index contributed by atoms with van der Waals surface area (Å²) in [5.41, 5.74) is 0. The molecule has 0 aliphatic carbocycles. The van der Waals surface area contributed by atoms with Gasteiger partial charge in [0.05, 0.1) is 0 Å². The molecule has 2 nitrogen and oxygen atoms in total.